The number of hydrogen-bond acceptors (Lipinski definition) is 4. The predicted molar refractivity (Wildman–Crippen MR) is 46.8 cm³/mol. The maximum Gasteiger partial charge on any atom is 0.328 e. The van der Waals surface area contributed by atoms with E-state index in [2.05, 4.69) is 25.4 Å². The van der Waals surface area contributed by atoms with Gasteiger partial charge >= 0.3 is 5.97 Å². The van der Waals surface area contributed by atoms with Crippen molar-refractivity contribution in [2.24, 2.45) is 0 Å². The first-order chi connectivity index (χ1) is 5.00. The van der Waals surface area contributed by atoms with Crippen LogP contribution >= 0.6 is 25.4 Å². The Labute approximate surface area is 75.5 Å². The van der Waals surface area contributed by atoms with Crippen LogP contribution in [0.4, 0.5) is 0 Å². The summed E-state index contributed by atoms with van der Waals surface area (Å²) in [5, 5.41) is 8.50. The molecule has 0 rings (SSSR count). The first-order valence-corrected chi connectivity index (χ1v) is 3.86. The van der Waals surface area contributed by atoms with E-state index in [-0.39, 0.29) is 5.75 Å². The van der Waals surface area contributed by atoms with Crippen molar-refractivity contribution >= 4 is 37.3 Å². The summed E-state index contributed by atoms with van der Waals surface area (Å²) in [5.74, 6) is -1.46. The van der Waals surface area contributed by atoms with Gasteiger partial charge in [-0.15, -0.1) is 0 Å². The Hall–Kier alpha value is -0.360. The van der Waals surface area contributed by atoms with Gasteiger partial charge in [0.2, 0.25) is 5.91 Å². The summed E-state index contributed by atoms with van der Waals surface area (Å²) in [7, 11) is 0. The minimum absolute atomic E-state index is 0.0540. The van der Waals surface area contributed by atoms with E-state index in [1.54, 1.807) is 0 Å². The molecule has 0 radical (unpaired) electrons. The van der Waals surface area contributed by atoms with Crippen molar-refractivity contribution in [1.29, 1.82) is 0 Å². The number of amides is 1. The van der Waals surface area contributed by atoms with Crippen molar-refractivity contribution in [2.75, 3.05) is 5.75 Å². The zero-order valence-corrected chi connectivity index (χ0v) is 7.68. The molecule has 1 atom stereocenters. The Morgan fingerprint density at radius 3 is 2.18 bits per heavy atom. The molecule has 0 aliphatic heterocycles. The van der Waals surface area contributed by atoms with Crippen molar-refractivity contribution in [3.8, 4) is 0 Å². The third kappa shape index (κ3) is 3.02. The van der Waals surface area contributed by atoms with Gasteiger partial charge < -0.3 is 5.11 Å². The standard InChI is InChI=1S/C5H9NO3S2/c1-3(7)6(11)4(2-10)5(8)9/h4,10-11H,2H2,1H3,(H,8,9). The first kappa shape index (κ1) is 10.6. The molecule has 0 saturated carbocycles. The number of aliphatic carboxylic acids is 1. The number of carbonyl (C=O) groups excluding carboxylic acids is 1. The van der Waals surface area contributed by atoms with E-state index in [9.17, 15) is 9.59 Å². The maximum atomic E-state index is 10.6. The molecule has 0 heterocycles. The second-order valence-electron chi connectivity index (χ2n) is 1.90. The van der Waals surface area contributed by atoms with E-state index >= 15 is 0 Å². The molecule has 0 fully saturated rings. The minimum Gasteiger partial charge on any atom is -0.480 e. The maximum absolute atomic E-state index is 10.6. The number of carboxylic acids is 1. The molecule has 1 N–H and O–H groups in total. The zero-order chi connectivity index (χ0) is 9.02. The van der Waals surface area contributed by atoms with Gasteiger partial charge in [-0.3, -0.25) is 9.10 Å². The highest BCUT2D eigenvalue weighted by atomic mass is 32.1. The second kappa shape index (κ2) is 4.50. The molecular formula is C5H9NO3S2. The van der Waals surface area contributed by atoms with Crippen LogP contribution in [0.3, 0.4) is 0 Å². The molecule has 1 amide bonds. The van der Waals surface area contributed by atoms with Crippen LogP contribution in [0.1, 0.15) is 6.92 Å². The molecule has 1 unspecified atom stereocenters. The summed E-state index contributed by atoms with van der Waals surface area (Å²) in [6.07, 6.45) is 0. The largest absolute Gasteiger partial charge is 0.480 e. The van der Waals surface area contributed by atoms with Crippen molar-refractivity contribution in [3.05, 3.63) is 0 Å². The monoisotopic (exact) mass is 195 g/mol. The fourth-order valence-corrected chi connectivity index (χ4v) is 1.11. The van der Waals surface area contributed by atoms with E-state index < -0.39 is 17.9 Å². The number of hydrogen-bond donors (Lipinski definition) is 3. The van der Waals surface area contributed by atoms with Gasteiger partial charge in [0, 0.05) is 12.7 Å². The fourth-order valence-electron chi connectivity index (χ4n) is 0.479. The van der Waals surface area contributed by atoms with Crippen molar-refractivity contribution in [1.82, 2.24) is 4.31 Å². The van der Waals surface area contributed by atoms with E-state index in [1.165, 1.54) is 6.92 Å². The van der Waals surface area contributed by atoms with Crippen LogP contribution in [-0.4, -0.2) is 33.1 Å². The Balaban J connectivity index is 4.25. The van der Waals surface area contributed by atoms with Gasteiger partial charge in [0.15, 0.2) is 0 Å². The third-order valence-electron chi connectivity index (χ3n) is 1.08. The topological polar surface area (TPSA) is 57.6 Å². The van der Waals surface area contributed by atoms with Gasteiger partial charge in [-0.1, -0.05) is 12.8 Å². The average molecular weight is 195 g/mol. The van der Waals surface area contributed by atoms with Gasteiger partial charge in [-0.2, -0.15) is 12.6 Å². The van der Waals surface area contributed by atoms with Crippen LogP contribution in [0.2, 0.25) is 0 Å². The smallest absolute Gasteiger partial charge is 0.328 e. The molecule has 11 heavy (non-hydrogen) atoms. The summed E-state index contributed by atoms with van der Waals surface area (Å²) in [6, 6.07) is -0.959. The Morgan fingerprint density at radius 1 is 1.64 bits per heavy atom. The van der Waals surface area contributed by atoms with Crippen LogP contribution < -0.4 is 0 Å². The lowest BCUT2D eigenvalue weighted by atomic mass is 10.3. The lowest BCUT2D eigenvalue weighted by Gasteiger charge is -2.19. The molecule has 64 valence electrons. The van der Waals surface area contributed by atoms with Gasteiger partial charge in [0.25, 0.3) is 0 Å². The van der Waals surface area contributed by atoms with Crippen LogP contribution in [0.15, 0.2) is 0 Å². The van der Waals surface area contributed by atoms with Gasteiger partial charge in [0.05, 0.1) is 0 Å². The highest BCUT2D eigenvalue weighted by molar-refractivity contribution is 7.80. The number of carbonyl (C=O) groups is 2. The van der Waals surface area contributed by atoms with E-state index in [0.717, 1.165) is 4.31 Å². The molecular weight excluding hydrogens is 186 g/mol. The Bertz CT molecular complexity index is 173. The highest BCUT2D eigenvalue weighted by Gasteiger charge is 2.23. The van der Waals surface area contributed by atoms with Gasteiger partial charge in [-0.05, 0) is 0 Å². The summed E-state index contributed by atoms with van der Waals surface area (Å²) in [6.45, 7) is 1.24. The summed E-state index contributed by atoms with van der Waals surface area (Å²) in [4.78, 5) is 21.0. The van der Waals surface area contributed by atoms with Crippen LogP contribution in [-0.2, 0) is 9.59 Å². The lowest BCUT2D eigenvalue weighted by molar-refractivity contribution is -0.144. The summed E-state index contributed by atoms with van der Waals surface area (Å²) in [5.41, 5.74) is 0. The van der Waals surface area contributed by atoms with Crippen molar-refractivity contribution in [2.45, 2.75) is 13.0 Å². The number of nitrogens with zero attached hydrogens (tertiary/aromatic N) is 1. The van der Waals surface area contributed by atoms with Crippen LogP contribution in [0.25, 0.3) is 0 Å². The first-order valence-electron chi connectivity index (χ1n) is 2.83. The van der Waals surface area contributed by atoms with Crippen LogP contribution in [0, 0.1) is 0 Å². The normalized spacial score (nSPS) is 12.3. The molecule has 0 saturated heterocycles. The average Bonchev–Trinajstić information content (AvgIpc) is 1.88. The number of rotatable bonds is 3. The van der Waals surface area contributed by atoms with Crippen molar-refractivity contribution in [3.63, 3.8) is 0 Å². The molecule has 0 aromatic rings. The Kier molecular flexibility index (Phi) is 4.36. The Morgan fingerprint density at radius 2 is 2.09 bits per heavy atom. The number of carboxylic acid groups (broad SMARTS) is 1. The van der Waals surface area contributed by atoms with Crippen molar-refractivity contribution < 1.29 is 14.7 Å². The molecule has 0 aliphatic carbocycles. The molecule has 0 spiro atoms. The quantitative estimate of drug-likeness (QED) is 0.558. The minimum atomic E-state index is -1.11. The molecule has 0 bridgehead atoms. The van der Waals surface area contributed by atoms with Gasteiger partial charge in [-0.25, -0.2) is 4.79 Å². The summed E-state index contributed by atoms with van der Waals surface area (Å²) < 4.78 is 0.843. The van der Waals surface area contributed by atoms with Gasteiger partial charge in [0.1, 0.15) is 6.04 Å². The fraction of sp³-hybridized carbons (Fsp3) is 0.600. The zero-order valence-electron chi connectivity index (χ0n) is 5.89. The number of thiol groups is 2. The van der Waals surface area contributed by atoms with E-state index in [4.69, 9.17) is 5.11 Å². The second-order valence-corrected chi connectivity index (χ2v) is 2.70. The SMILES string of the molecule is CC(=O)N(S)C(CS)C(=O)O. The molecule has 0 aromatic carbocycles. The molecule has 4 nitrogen and oxygen atoms in total. The highest BCUT2D eigenvalue weighted by Crippen LogP contribution is 2.05. The van der Waals surface area contributed by atoms with E-state index in [1.807, 2.05) is 0 Å². The molecule has 0 aliphatic rings. The molecule has 6 heteroatoms. The molecule has 0 aromatic heterocycles. The van der Waals surface area contributed by atoms with E-state index in [0.29, 0.717) is 0 Å². The summed E-state index contributed by atoms with van der Waals surface area (Å²) >= 11 is 7.46. The predicted octanol–water partition coefficient (Wildman–Crippen LogP) is 0.0627. The van der Waals surface area contributed by atoms with Crippen LogP contribution in [0.5, 0.6) is 0 Å². The third-order valence-corrected chi connectivity index (χ3v) is 1.98. The lowest BCUT2D eigenvalue weighted by Crippen LogP contribution is -2.39.